The zero-order chi connectivity index (χ0) is 10.7. The molecule has 0 spiro atoms. The van der Waals surface area contributed by atoms with Crippen LogP contribution in [0.15, 0.2) is 18.5 Å². The summed E-state index contributed by atoms with van der Waals surface area (Å²) in [5.41, 5.74) is 1.64. The number of aromatic nitrogens is 1. The van der Waals surface area contributed by atoms with Crippen molar-refractivity contribution < 1.29 is 9.53 Å². The Hall–Kier alpha value is -1.62. The van der Waals surface area contributed by atoms with Crippen molar-refractivity contribution >= 4 is 17.3 Å². The number of carbonyl (C=O) groups excluding carboxylic acids is 1. The molecule has 0 bridgehead atoms. The fraction of sp³-hybridized carbons (Fsp3) is 0.400. The number of fused-ring (bicyclic) bond motifs is 1. The summed E-state index contributed by atoms with van der Waals surface area (Å²) in [6.45, 7) is 0.561. The second-order valence-corrected chi connectivity index (χ2v) is 3.39. The molecule has 2 N–H and O–H groups in total. The summed E-state index contributed by atoms with van der Waals surface area (Å²) in [6.07, 6.45) is 3.98. The molecule has 2 rings (SSSR count). The summed E-state index contributed by atoms with van der Waals surface area (Å²) in [7, 11) is 1.62. The molecule has 15 heavy (non-hydrogen) atoms. The first kappa shape index (κ1) is 9.92. The van der Waals surface area contributed by atoms with Gasteiger partial charge in [0.15, 0.2) is 0 Å². The maximum absolute atomic E-state index is 11.6. The number of methoxy groups -OCH3 is 1. The number of amides is 1. The Kier molecular flexibility index (Phi) is 2.82. The molecule has 1 aliphatic heterocycles. The van der Waals surface area contributed by atoms with Crippen molar-refractivity contribution in [2.24, 2.45) is 0 Å². The fourth-order valence-corrected chi connectivity index (χ4v) is 1.53. The highest BCUT2D eigenvalue weighted by Crippen LogP contribution is 2.25. The van der Waals surface area contributed by atoms with Gasteiger partial charge in [-0.3, -0.25) is 9.78 Å². The van der Waals surface area contributed by atoms with Gasteiger partial charge in [-0.15, -0.1) is 0 Å². The van der Waals surface area contributed by atoms with Crippen molar-refractivity contribution in [2.75, 3.05) is 24.4 Å². The number of anilines is 2. The van der Waals surface area contributed by atoms with E-state index in [0.717, 1.165) is 11.4 Å². The summed E-state index contributed by atoms with van der Waals surface area (Å²) >= 11 is 0. The van der Waals surface area contributed by atoms with Gasteiger partial charge >= 0.3 is 0 Å². The Balaban J connectivity index is 2.11. The first-order valence-corrected chi connectivity index (χ1v) is 4.81. The first-order chi connectivity index (χ1) is 7.31. The SMILES string of the molecule is COCCC1Nc2ccncc2NC1=O. The van der Waals surface area contributed by atoms with Crippen molar-refractivity contribution in [1.82, 2.24) is 4.98 Å². The molecule has 5 heteroatoms. The van der Waals surface area contributed by atoms with Crippen LogP contribution in [0.3, 0.4) is 0 Å². The molecule has 5 nitrogen and oxygen atoms in total. The molecule has 0 saturated carbocycles. The average Bonchev–Trinajstić information content (AvgIpc) is 2.26. The number of hydrogen-bond acceptors (Lipinski definition) is 4. The molecule has 1 unspecified atom stereocenters. The van der Waals surface area contributed by atoms with Crippen LogP contribution < -0.4 is 10.6 Å². The average molecular weight is 207 g/mol. The van der Waals surface area contributed by atoms with Gasteiger partial charge in [0.25, 0.3) is 0 Å². The molecule has 0 saturated heterocycles. The lowest BCUT2D eigenvalue weighted by molar-refractivity contribution is -0.117. The van der Waals surface area contributed by atoms with Crippen LogP contribution in [0.4, 0.5) is 11.4 Å². The minimum atomic E-state index is -0.222. The van der Waals surface area contributed by atoms with Crippen LogP contribution in [0.5, 0.6) is 0 Å². The minimum Gasteiger partial charge on any atom is -0.385 e. The first-order valence-electron chi connectivity index (χ1n) is 4.81. The van der Waals surface area contributed by atoms with E-state index in [1.54, 1.807) is 19.5 Å². The van der Waals surface area contributed by atoms with Gasteiger partial charge in [-0.25, -0.2) is 0 Å². The Morgan fingerprint density at radius 3 is 3.20 bits per heavy atom. The molecule has 80 valence electrons. The van der Waals surface area contributed by atoms with Crippen molar-refractivity contribution in [2.45, 2.75) is 12.5 Å². The van der Waals surface area contributed by atoms with Gasteiger partial charge in [-0.1, -0.05) is 0 Å². The predicted octanol–water partition coefficient (Wildman–Crippen LogP) is 0.851. The van der Waals surface area contributed by atoms with E-state index in [0.29, 0.717) is 13.0 Å². The van der Waals surface area contributed by atoms with Gasteiger partial charge in [0.05, 0.1) is 17.6 Å². The molecule has 1 aromatic rings. The fourth-order valence-electron chi connectivity index (χ4n) is 1.53. The third kappa shape index (κ3) is 2.07. The monoisotopic (exact) mass is 207 g/mol. The molecular formula is C10H13N3O2. The van der Waals surface area contributed by atoms with E-state index in [2.05, 4.69) is 15.6 Å². The van der Waals surface area contributed by atoms with E-state index in [-0.39, 0.29) is 11.9 Å². The van der Waals surface area contributed by atoms with Crippen LogP contribution in [0, 0.1) is 0 Å². The molecule has 0 radical (unpaired) electrons. The molecule has 0 aromatic carbocycles. The number of pyridine rings is 1. The third-order valence-electron chi connectivity index (χ3n) is 2.34. The van der Waals surface area contributed by atoms with E-state index in [1.807, 2.05) is 6.07 Å². The second kappa shape index (κ2) is 4.27. The van der Waals surface area contributed by atoms with Crippen LogP contribution in [-0.4, -0.2) is 30.6 Å². The van der Waals surface area contributed by atoms with Crippen LogP contribution >= 0.6 is 0 Å². The smallest absolute Gasteiger partial charge is 0.247 e. The zero-order valence-electron chi connectivity index (χ0n) is 8.49. The van der Waals surface area contributed by atoms with E-state index in [4.69, 9.17) is 4.74 Å². The normalized spacial score (nSPS) is 19.0. The maximum Gasteiger partial charge on any atom is 0.247 e. The maximum atomic E-state index is 11.6. The molecule has 1 atom stereocenters. The van der Waals surface area contributed by atoms with Crippen molar-refractivity contribution in [3.63, 3.8) is 0 Å². The highest BCUT2D eigenvalue weighted by molar-refractivity contribution is 6.02. The molecular weight excluding hydrogens is 194 g/mol. The lowest BCUT2D eigenvalue weighted by Gasteiger charge is -2.26. The van der Waals surface area contributed by atoms with Gasteiger partial charge in [-0.05, 0) is 12.5 Å². The van der Waals surface area contributed by atoms with Gasteiger partial charge in [0, 0.05) is 19.9 Å². The Bertz CT molecular complexity index is 367. The van der Waals surface area contributed by atoms with Gasteiger partial charge < -0.3 is 15.4 Å². The van der Waals surface area contributed by atoms with E-state index in [1.165, 1.54) is 0 Å². The number of nitrogens with one attached hydrogen (secondary N) is 2. The molecule has 0 aliphatic carbocycles. The number of hydrogen-bond donors (Lipinski definition) is 2. The highest BCUT2D eigenvalue weighted by Gasteiger charge is 2.24. The van der Waals surface area contributed by atoms with Crippen LogP contribution in [-0.2, 0) is 9.53 Å². The molecule has 0 fully saturated rings. The second-order valence-electron chi connectivity index (χ2n) is 3.39. The van der Waals surface area contributed by atoms with E-state index >= 15 is 0 Å². The number of rotatable bonds is 3. The summed E-state index contributed by atoms with van der Waals surface area (Å²) < 4.78 is 4.95. The highest BCUT2D eigenvalue weighted by atomic mass is 16.5. The van der Waals surface area contributed by atoms with Crippen molar-refractivity contribution in [1.29, 1.82) is 0 Å². The summed E-state index contributed by atoms with van der Waals surface area (Å²) in [5, 5.41) is 5.95. The lowest BCUT2D eigenvalue weighted by Crippen LogP contribution is -2.39. The Morgan fingerprint density at radius 2 is 2.40 bits per heavy atom. The predicted molar refractivity (Wildman–Crippen MR) is 56.8 cm³/mol. The number of nitrogens with zero attached hydrogens (tertiary/aromatic N) is 1. The van der Waals surface area contributed by atoms with Crippen molar-refractivity contribution in [3.05, 3.63) is 18.5 Å². The van der Waals surface area contributed by atoms with Gasteiger partial charge in [0.1, 0.15) is 6.04 Å². The Morgan fingerprint density at radius 1 is 1.53 bits per heavy atom. The van der Waals surface area contributed by atoms with E-state index in [9.17, 15) is 4.79 Å². The summed E-state index contributed by atoms with van der Waals surface area (Å²) in [5.74, 6) is -0.0347. The Labute approximate surface area is 87.8 Å². The molecule has 1 amide bonds. The molecule has 1 aliphatic rings. The largest absolute Gasteiger partial charge is 0.385 e. The topological polar surface area (TPSA) is 63.2 Å². The zero-order valence-corrected chi connectivity index (χ0v) is 8.49. The molecule has 2 heterocycles. The van der Waals surface area contributed by atoms with Gasteiger partial charge in [0.2, 0.25) is 5.91 Å². The lowest BCUT2D eigenvalue weighted by atomic mass is 10.1. The quantitative estimate of drug-likeness (QED) is 0.771. The standard InChI is InChI=1S/C10H13N3O2/c1-15-5-3-8-10(14)13-9-6-11-4-2-7(9)12-8/h2,4,6,8,12H,3,5H2,1H3,(H,13,14). The molecule has 1 aromatic heterocycles. The summed E-state index contributed by atoms with van der Waals surface area (Å²) in [4.78, 5) is 15.5. The van der Waals surface area contributed by atoms with Crippen molar-refractivity contribution in [3.8, 4) is 0 Å². The number of carbonyl (C=O) groups is 1. The van der Waals surface area contributed by atoms with Crippen LogP contribution in [0.2, 0.25) is 0 Å². The van der Waals surface area contributed by atoms with Crippen LogP contribution in [0.25, 0.3) is 0 Å². The van der Waals surface area contributed by atoms with Crippen LogP contribution in [0.1, 0.15) is 6.42 Å². The summed E-state index contributed by atoms with van der Waals surface area (Å²) in [6, 6.07) is 1.62. The number of ether oxygens (including phenoxy) is 1. The van der Waals surface area contributed by atoms with Gasteiger partial charge in [-0.2, -0.15) is 0 Å². The third-order valence-corrected chi connectivity index (χ3v) is 2.34. The van der Waals surface area contributed by atoms with E-state index < -0.39 is 0 Å². The minimum absolute atomic E-state index is 0.0347.